The second-order valence-electron chi connectivity index (χ2n) is 5.57. The molecule has 86 valence electrons. The van der Waals surface area contributed by atoms with E-state index in [4.69, 9.17) is 0 Å². The van der Waals surface area contributed by atoms with E-state index in [0.717, 1.165) is 17.6 Å². The van der Waals surface area contributed by atoms with Gasteiger partial charge >= 0.3 is 0 Å². The van der Waals surface area contributed by atoms with Crippen molar-refractivity contribution >= 4 is 0 Å². The molecule has 0 N–H and O–H groups in total. The highest BCUT2D eigenvalue weighted by atomic mass is 15.3. The largest absolute Gasteiger partial charge is 0.321 e. The van der Waals surface area contributed by atoms with Gasteiger partial charge in [0.05, 0.1) is 14.1 Å². The Morgan fingerprint density at radius 2 is 1.12 bits per heavy atom. The van der Waals surface area contributed by atoms with Gasteiger partial charge in [0.15, 0.2) is 0 Å². The third kappa shape index (κ3) is 1.87. The number of quaternary nitrogens is 1. The van der Waals surface area contributed by atoms with Gasteiger partial charge in [0.25, 0.3) is 0 Å². The van der Waals surface area contributed by atoms with Crippen LogP contribution in [-0.4, -0.2) is 18.6 Å². The fourth-order valence-electron chi connectivity index (χ4n) is 2.82. The van der Waals surface area contributed by atoms with E-state index in [0.29, 0.717) is 0 Å². The van der Waals surface area contributed by atoms with Crippen LogP contribution in [0.1, 0.15) is 11.1 Å². The second-order valence-corrected chi connectivity index (χ2v) is 5.57. The smallest absolute Gasteiger partial charge is 0.105 e. The molecule has 1 aliphatic heterocycles. The monoisotopic (exact) mass is 224 g/mol. The summed E-state index contributed by atoms with van der Waals surface area (Å²) in [4.78, 5) is 0. The molecule has 2 aromatic carbocycles. The summed E-state index contributed by atoms with van der Waals surface area (Å²) in [6, 6.07) is 17.6. The molecule has 1 aliphatic rings. The number of hydrogen-bond donors (Lipinski definition) is 0. The molecular weight excluding hydrogens is 206 g/mol. The lowest BCUT2D eigenvalue weighted by molar-refractivity contribution is -0.916. The first-order chi connectivity index (χ1) is 8.16. The van der Waals surface area contributed by atoms with Crippen LogP contribution in [-0.2, 0) is 13.1 Å². The molecular formula is C16H18N+. The molecule has 1 heterocycles. The minimum Gasteiger partial charge on any atom is -0.321 e. The summed E-state index contributed by atoms with van der Waals surface area (Å²) < 4.78 is 1.02. The average Bonchev–Trinajstić information content (AvgIpc) is 2.40. The van der Waals surface area contributed by atoms with Crippen molar-refractivity contribution in [3.8, 4) is 11.1 Å². The second kappa shape index (κ2) is 3.71. The maximum atomic E-state index is 2.30. The van der Waals surface area contributed by atoms with E-state index >= 15 is 0 Å². The van der Waals surface area contributed by atoms with Gasteiger partial charge in [0.1, 0.15) is 13.1 Å². The van der Waals surface area contributed by atoms with E-state index < -0.39 is 0 Å². The Bertz CT molecular complexity index is 505. The van der Waals surface area contributed by atoms with Crippen LogP contribution in [0.4, 0.5) is 0 Å². The Morgan fingerprint density at radius 3 is 1.59 bits per heavy atom. The van der Waals surface area contributed by atoms with Gasteiger partial charge in [-0.3, -0.25) is 0 Å². The van der Waals surface area contributed by atoms with Crippen LogP contribution >= 0.6 is 0 Å². The summed E-state index contributed by atoms with van der Waals surface area (Å²) in [6.45, 7) is 2.20. The molecule has 0 spiro atoms. The van der Waals surface area contributed by atoms with E-state index in [1.165, 1.54) is 22.3 Å². The summed E-state index contributed by atoms with van der Waals surface area (Å²) in [7, 11) is 4.61. The third-order valence-electron chi connectivity index (χ3n) is 3.52. The molecule has 0 unspecified atom stereocenters. The van der Waals surface area contributed by atoms with Gasteiger partial charge < -0.3 is 4.48 Å². The Hall–Kier alpha value is -1.60. The number of nitrogens with zero attached hydrogens (tertiary/aromatic N) is 1. The van der Waals surface area contributed by atoms with Crippen LogP contribution in [0.3, 0.4) is 0 Å². The van der Waals surface area contributed by atoms with E-state index in [1.54, 1.807) is 0 Å². The van der Waals surface area contributed by atoms with Gasteiger partial charge in [-0.15, -0.1) is 0 Å². The summed E-state index contributed by atoms with van der Waals surface area (Å²) in [6.07, 6.45) is 0. The Kier molecular flexibility index (Phi) is 2.30. The molecule has 0 aromatic heterocycles. The predicted molar refractivity (Wildman–Crippen MR) is 71.4 cm³/mol. The highest BCUT2D eigenvalue weighted by molar-refractivity contribution is 5.70. The normalized spacial score (nSPS) is 16.8. The maximum absolute atomic E-state index is 2.30. The lowest BCUT2D eigenvalue weighted by Gasteiger charge is -2.28. The summed E-state index contributed by atoms with van der Waals surface area (Å²) in [5.74, 6) is 0. The lowest BCUT2D eigenvalue weighted by atomic mass is 9.97. The molecule has 0 saturated heterocycles. The quantitative estimate of drug-likeness (QED) is 0.601. The van der Waals surface area contributed by atoms with Gasteiger partial charge in [-0.1, -0.05) is 48.5 Å². The zero-order valence-corrected chi connectivity index (χ0v) is 10.5. The molecule has 2 aromatic rings. The molecule has 1 nitrogen and oxygen atoms in total. The van der Waals surface area contributed by atoms with E-state index in [-0.39, 0.29) is 0 Å². The van der Waals surface area contributed by atoms with Gasteiger partial charge in [-0.25, -0.2) is 0 Å². The molecule has 0 radical (unpaired) electrons. The van der Waals surface area contributed by atoms with Gasteiger partial charge in [-0.2, -0.15) is 0 Å². The zero-order valence-electron chi connectivity index (χ0n) is 10.5. The van der Waals surface area contributed by atoms with E-state index in [9.17, 15) is 0 Å². The molecule has 0 bridgehead atoms. The Balaban J connectivity index is 2.28. The van der Waals surface area contributed by atoms with Crippen molar-refractivity contribution in [2.45, 2.75) is 13.1 Å². The molecule has 3 rings (SSSR count). The molecule has 0 aliphatic carbocycles. The van der Waals surface area contributed by atoms with Crippen molar-refractivity contribution < 1.29 is 4.48 Å². The standard InChI is InChI=1S/C16H18N/c1-17(2)11-13-7-3-5-9-15(13)16-10-6-4-8-14(16)12-17/h3-10H,11-12H2,1-2H3/q+1. The summed E-state index contributed by atoms with van der Waals surface area (Å²) in [5, 5.41) is 0. The number of fused-ring (bicyclic) bond motifs is 3. The molecule has 17 heavy (non-hydrogen) atoms. The van der Waals surface area contributed by atoms with Crippen molar-refractivity contribution in [2.24, 2.45) is 0 Å². The van der Waals surface area contributed by atoms with Crippen molar-refractivity contribution in [3.63, 3.8) is 0 Å². The summed E-state index contributed by atoms with van der Waals surface area (Å²) >= 11 is 0. The fourth-order valence-corrected chi connectivity index (χ4v) is 2.82. The lowest BCUT2D eigenvalue weighted by Crippen LogP contribution is -2.37. The van der Waals surface area contributed by atoms with Gasteiger partial charge in [-0.05, 0) is 11.1 Å². The van der Waals surface area contributed by atoms with Crippen LogP contribution in [0.15, 0.2) is 48.5 Å². The first-order valence-corrected chi connectivity index (χ1v) is 6.14. The van der Waals surface area contributed by atoms with Gasteiger partial charge in [0.2, 0.25) is 0 Å². The van der Waals surface area contributed by atoms with Crippen molar-refractivity contribution in [1.82, 2.24) is 0 Å². The SMILES string of the molecule is C[N+]1(C)Cc2ccccc2-c2ccccc2C1. The van der Waals surface area contributed by atoms with Crippen molar-refractivity contribution in [2.75, 3.05) is 14.1 Å². The summed E-state index contributed by atoms with van der Waals surface area (Å²) in [5.41, 5.74) is 5.74. The first-order valence-electron chi connectivity index (χ1n) is 6.14. The topological polar surface area (TPSA) is 0 Å². The highest BCUT2D eigenvalue weighted by Gasteiger charge is 2.25. The van der Waals surface area contributed by atoms with Crippen LogP contribution in [0.2, 0.25) is 0 Å². The number of hydrogen-bond acceptors (Lipinski definition) is 0. The predicted octanol–water partition coefficient (Wildman–Crippen LogP) is 3.44. The Labute approximate surface area is 103 Å². The Morgan fingerprint density at radius 1 is 0.706 bits per heavy atom. The van der Waals surface area contributed by atoms with Crippen LogP contribution in [0.5, 0.6) is 0 Å². The first kappa shape index (κ1) is 10.5. The molecule has 1 heteroatoms. The minimum atomic E-state index is 1.02. The van der Waals surface area contributed by atoms with E-state index in [1.807, 2.05) is 0 Å². The average molecular weight is 224 g/mol. The minimum absolute atomic E-state index is 1.02. The number of benzene rings is 2. The maximum Gasteiger partial charge on any atom is 0.105 e. The van der Waals surface area contributed by atoms with Crippen LogP contribution < -0.4 is 0 Å². The molecule has 0 atom stereocenters. The zero-order chi connectivity index (χ0) is 11.9. The molecule has 0 amide bonds. The molecule has 0 saturated carbocycles. The fraction of sp³-hybridized carbons (Fsp3) is 0.250. The highest BCUT2D eigenvalue weighted by Crippen LogP contribution is 2.33. The van der Waals surface area contributed by atoms with Crippen molar-refractivity contribution in [3.05, 3.63) is 59.7 Å². The number of rotatable bonds is 0. The van der Waals surface area contributed by atoms with E-state index in [2.05, 4.69) is 62.6 Å². The van der Waals surface area contributed by atoms with Crippen LogP contribution in [0.25, 0.3) is 11.1 Å². The third-order valence-corrected chi connectivity index (χ3v) is 3.52. The molecule has 0 fully saturated rings. The van der Waals surface area contributed by atoms with Crippen molar-refractivity contribution in [1.29, 1.82) is 0 Å². The van der Waals surface area contributed by atoms with Crippen LogP contribution in [0, 0.1) is 0 Å². The van der Waals surface area contributed by atoms with Gasteiger partial charge in [0, 0.05) is 11.1 Å².